The van der Waals surface area contributed by atoms with E-state index in [1.807, 2.05) is 13.8 Å². The number of nitrogens with two attached hydrogens (primary N) is 1. The van der Waals surface area contributed by atoms with Crippen LogP contribution in [-0.4, -0.2) is 70.0 Å². The molecule has 0 radical (unpaired) electrons. The number of carbonyl (C=O) groups is 1. The quantitative estimate of drug-likeness (QED) is 0.363. The zero-order chi connectivity index (χ0) is 16.1. The Morgan fingerprint density at radius 3 is 2.33 bits per heavy atom. The molecule has 2 unspecified atom stereocenters. The molecule has 0 bridgehead atoms. The zero-order valence-corrected chi connectivity index (χ0v) is 13.2. The van der Waals surface area contributed by atoms with Crippen LogP contribution in [-0.2, 0) is 23.7 Å². The van der Waals surface area contributed by atoms with E-state index >= 15 is 0 Å². The van der Waals surface area contributed by atoms with Crippen LogP contribution >= 0.6 is 0 Å². The van der Waals surface area contributed by atoms with Crippen LogP contribution in [0.15, 0.2) is 0 Å². The van der Waals surface area contributed by atoms with Gasteiger partial charge in [-0.05, 0) is 12.3 Å². The highest BCUT2D eigenvalue weighted by atomic mass is 16.6. The van der Waals surface area contributed by atoms with Crippen molar-refractivity contribution < 1.29 is 28.8 Å². The summed E-state index contributed by atoms with van der Waals surface area (Å²) in [6.45, 7) is 5.75. The molecule has 0 amide bonds. The Bertz CT molecular complexity index is 262. The van der Waals surface area contributed by atoms with Gasteiger partial charge in [0.25, 0.3) is 0 Å². The molecule has 0 heterocycles. The van der Waals surface area contributed by atoms with E-state index < -0.39 is 18.1 Å². The minimum atomic E-state index is -0.862. The number of aliphatic hydroxyl groups is 1. The summed E-state index contributed by atoms with van der Waals surface area (Å²) in [6, 6.07) is -0.646. The first-order chi connectivity index (χ1) is 9.97. The summed E-state index contributed by atoms with van der Waals surface area (Å²) in [5.41, 5.74) is 5.67. The van der Waals surface area contributed by atoms with Crippen molar-refractivity contribution in [2.24, 2.45) is 11.7 Å². The Kier molecular flexibility index (Phi) is 12.5. The van der Waals surface area contributed by atoms with Gasteiger partial charge in [0.05, 0.1) is 33.0 Å². The van der Waals surface area contributed by atoms with E-state index in [4.69, 9.17) is 24.7 Å². The van der Waals surface area contributed by atoms with Crippen molar-refractivity contribution in [1.29, 1.82) is 0 Å². The van der Waals surface area contributed by atoms with Gasteiger partial charge in [-0.2, -0.15) is 0 Å². The van der Waals surface area contributed by atoms with Crippen molar-refractivity contribution in [1.82, 2.24) is 0 Å². The number of carbonyl (C=O) groups excluding carboxylic acids is 1. The van der Waals surface area contributed by atoms with Crippen LogP contribution < -0.4 is 5.73 Å². The van der Waals surface area contributed by atoms with Crippen molar-refractivity contribution in [2.75, 3.05) is 46.8 Å². The summed E-state index contributed by atoms with van der Waals surface area (Å²) < 4.78 is 20.1. The molecule has 0 saturated heterocycles. The van der Waals surface area contributed by atoms with E-state index in [-0.39, 0.29) is 13.2 Å². The summed E-state index contributed by atoms with van der Waals surface area (Å²) in [4.78, 5) is 11.5. The Morgan fingerprint density at radius 1 is 1.10 bits per heavy atom. The van der Waals surface area contributed by atoms with Gasteiger partial charge in [0.2, 0.25) is 0 Å². The average Bonchev–Trinajstić information content (AvgIpc) is 2.43. The monoisotopic (exact) mass is 307 g/mol. The molecule has 126 valence electrons. The Balaban J connectivity index is 3.53. The number of methoxy groups -OCH3 is 1. The third-order valence-electron chi connectivity index (χ3n) is 2.56. The second-order valence-corrected chi connectivity index (χ2v) is 5.20. The molecule has 0 spiro atoms. The first kappa shape index (κ1) is 20.3. The fourth-order valence-electron chi connectivity index (χ4n) is 1.52. The molecule has 7 heteroatoms. The van der Waals surface area contributed by atoms with E-state index in [1.54, 1.807) is 7.11 Å². The van der Waals surface area contributed by atoms with Gasteiger partial charge in [-0.3, -0.25) is 4.79 Å². The predicted octanol–water partition coefficient (Wildman–Crippen LogP) is -0.0565. The maximum absolute atomic E-state index is 11.5. The van der Waals surface area contributed by atoms with Gasteiger partial charge < -0.3 is 29.8 Å². The van der Waals surface area contributed by atoms with Crippen LogP contribution in [0.5, 0.6) is 0 Å². The smallest absolute Gasteiger partial charge is 0.323 e. The molecule has 0 aliphatic heterocycles. The molecule has 3 N–H and O–H groups in total. The topological polar surface area (TPSA) is 100 Å². The van der Waals surface area contributed by atoms with Gasteiger partial charge in [0.15, 0.2) is 0 Å². The second-order valence-electron chi connectivity index (χ2n) is 5.20. The largest absolute Gasteiger partial charge is 0.462 e. The first-order valence-corrected chi connectivity index (χ1v) is 7.22. The van der Waals surface area contributed by atoms with E-state index in [1.165, 1.54) is 0 Å². The number of esters is 1. The molecule has 0 aromatic carbocycles. The van der Waals surface area contributed by atoms with Crippen LogP contribution in [0.1, 0.15) is 20.3 Å². The van der Waals surface area contributed by atoms with Crippen molar-refractivity contribution >= 4 is 5.97 Å². The Hall–Kier alpha value is -0.730. The molecule has 0 aromatic heterocycles. The number of hydrogen-bond donors (Lipinski definition) is 2. The Morgan fingerprint density at radius 2 is 1.71 bits per heavy atom. The predicted molar refractivity (Wildman–Crippen MR) is 77.9 cm³/mol. The molecule has 0 rings (SSSR count). The minimum Gasteiger partial charge on any atom is -0.462 e. The van der Waals surface area contributed by atoms with E-state index in [2.05, 4.69) is 0 Å². The lowest BCUT2D eigenvalue weighted by molar-refractivity contribution is -0.149. The highest BCUT2D eigenvalue weighted by Gasteiger charge is 2.17. The van der Waals surface area contributed by atoms with Crippen molar-refractivity contribution in [3.63, 3.8) is 0 Å². The summed E-state index contributed by atoms with van der Waals surface area (Å²) in [7, 11) is 1.60. The SMILES string of the molecule is COCCOCCOCC(O)COC(=O)C(N)CC(C)C. The van der Waals surface area contributed by atoms with Gasteiger partial charge in [-0.1, -0.05) is 13.8 Å². The highest BCUT2D eigenvalue weighted by molar-refractivity contribution is 5.75. The third-order valence-corrected chi connectivity index (χ3v) is 2.56. The normalized spacial score (nSPS) is 14.2. The summed E-state index contributed by atoms with van der Waals surface area (Å²) in [6.07, 6.45) is -0.302. The van der Waals surface area contributed by atoms with E-state index in [0.29, 0.717) is 38.8 Å². The zero-order valence-electron chi connectivity index (χ0n) is 13.2. The van der Waals surface area contributed by atoms with E-state index in [9.17, 15) is 9.90 Å². The molecule has 0 aliphatic rings. The maximum atomic E-state index is 11.5. The lowest BCUT2D eigenvalue weighted by Gasteiger charge is -2.16. The van der Waals surface area contributed by atoms with Crippen molar-refractivity contribution in [3.8, 4) is 0 Å². The molecule has 2 atom stereocenters. The summed E-state index contributed by atoms with van der Waals surface area (Å²) >= 11 is 0. The van der Waals surface area contributed by atoms with Crippen LogP contribution in [0.2, 0.25) is 0 Å². The average molecular weight is 307 g/mol. The molecule has 0 aromatic rings. The second kappa shape index (κ2) is 13.0. The van der Waals surface area contributed by atoms with Crippen molar-refractivity contribution in [2.45, 2.75) is 32.4 Å². The lowest BCUT2D eigenvalue weighted by atomic mass is 10.1. The highest BCUT2D eigenvalue weighted by Crippen LogP contribution is 2.04. The molecule has 21 heavy (non-hydrogen) atoms. The number of hydrogen-bond acceptors (Lipinski definition) is 7. The minimum absolute atomic E-state index is 0.0837. The number of rotatable bonds is 13. The van der Waals surface area contributed by atoms with Gasteiger partial charge in [0.1, 0.15) is 18.8 Å². The molecule has 0 fully saturated rings. The molecular weight excluding hydrogens is 278 g/mol. The summed E-state index contributed by atoms with van der Waals surface area (Å²) in [5.74, 6) is -0.176. The van der Waals surface area contributed by atoms with Gasteiger partial charge in [-0.25, -0.2) is 0 Å². The van der Waals surface area contributed by atoms with Gasteiger partial charge >= 0.3 is 5.97 Å². The van der Waals surface area contributed by atoms with Gasteiger partial charge in [-0.15, -0.1) is 0 Å². The summed E-state index contributed by atoms with van der Waals surface area (Å²) in [5, 5.41) is 9.60. The fraction of sp³-hybridized carbons (Fsp3) is 0.929. The molecule has 0 saturated carbocycles. The fourth-order valence-corrected chi connectivity index (χ4v) is 1.52. The third kappa shape index (κ3) is 12.7. The molecule has 7 nitrogen and oxygen atoms in total. The number of ether oxygens (including phenoxy) is 4. The van der Waals surface area contributed by atoms with Crippen LogP contribution in [0.25, 0.3) is 0 Å². The van der Waals surface area contributed by atoms with Crippen LogP contribution in [0.3, 0.4) is 0 Å². The lowest BCUT2D eigenvalue weighted by Crippen LogP contribution is -2.36. The standard InChI is InChI=1S/C14H29NO6/c1-11(2)8-13(15)14(17)21-10-12(16)9-20-7-6-19-5-4-18-3/h11-13,16H,4-10,15H2,1-3H3. The van der Waals surface area contributed by atoms with Crippen LogP contribution in [0, 0.1) is 5.92 Å². The maximum Gasteiger partial charge on any atom is 0.323 e. The number of aliphatic hydroxyl groups excluding tert-OH is 1. The van der Waals surface area contributed by atoms with Gasteiger partial charge in [0, 0.05) is 7.11 Å². The Labute approximate surface area is 126 Å². The van der Waals surface area contributed by atoms with E-state index in [0.717, 1.165) is 0 Å². The first-order valence-electron chi connectivity index (χ1n) is 7.22. The van der Waals surface area contributed by atoms with Crippen molar-refractivity contribution in [3.05, 3.63) is 0 Å². The van der Waals surface area contributed by atoms with Crippen LogP contribution in [0.4, 0.5) is 0 Å². The molecule has 0 aliphatic carbocycles. The molecular formula is C14H29NO6.